The molecule has 3 aromatic carbocycles. The van der Waals surface area contributed by atoms with Crippen LogP contribution < -0.4 is 10.3 Å². The standard InChI is InChI=1S/C21H17N3OS/c25-20(18-12-6-2-7-13-18)23-21(26)24(19-14-8-3-9-15-19)22-16-17-10-4-1-5-11-17/h1-16H,(H,23,25,26). The molecule has 5 heteroatoms. The highest BCUT2D eigenvalue weighted by Crippen LogP contribution is 2.14. The second kappa shape index (κ2) is 8.69. The van der Waals surface area contributed by atoms with E-state index in [-0.39, 0.29) is 11.0 Å². The van der Waals surface area contributed by atoms with E-state index >= 15 is 0 Å². The quantitative estimate of drug-likeness (QED) is 0.430. The summed E-state index contributed by atoms with van der Waals surface area (Å²) in [4.78, 5) is 12.4. The van der Waals surface area contributed by atoms with Gasteiger partial charge in [-0.2, -0.15) is 5.10 Å². The van der Waals surface area contributed by atoms with E-state index in [4.69, 9.17) is 12.2 Å². The lowest BCUT2D eigenvalue weighted by Crippen LogP contribution is -2.40. The number of benzene rings is 3. The topological polar surface area (TPSA) is 44.7 Å². The number of amides is 1. The van der Waals surface area contributed by atoms with Crippen molar-refractivity contribution in [3.8, 4) is 0 Å². The van der Waals surface area contributed by atoms with Gasteiger partial charge in [-0.25, -0.2) is 5.01 Å². The first-order valence-corrected chi connectivity index (χ1v) is 8.49. The number of hydrazone groups is 1. The second-order valence-electron chi connectivity index (χ2n) is 5.43. The van der Waals surface area contributed by atoms with Crippen molar-refractivity contribution in [3.05, 3.63) is 102 Å². The first kappa shape index (κ1) is 17.5. The van der Waals surface area contributed by atoms with Crippen LogP contribution in [0.25, 0.3) is 0 Å². The van der Waals surface area contributed by atoms with Gasteiger partial charge in [0.15, 0.2) is 0 Å². The van der Waals surface area contributed by atoms with E-state index in [1.54, 1.807) is 30.5 Å². The number of hydrogen-bond donors (Lipinski definition) is 1. The first-order chi connectivity index (χ1) is 12.7. The molecule has 26 heavy (non-hydrogen) atoms. The number of thiocarbonyl (C=S) groups is 1. The zero-order chi connectivity index (χ0) is 18.2. The van der Waals surface area contributed by atoms with Gasteiger partial charge in [0, 0.05) is 5.56 Å². The van der Waals surface area contributed by atoms with Crippen LogP contribution in [0.3, 0.4) is 0 Å². The molecule has 0 bridgehead atoms. The summed E-state index contributed by atoms with van der Waals surface area (Å²) in [6, 6.07) is 28.1. The summed E-state index contributed by atoms with van der Waals surface area (Å²) < 4.78 is 0. The van der Waals surface area contributed by atoms with Gasteiger partial charge in [-0.3, -0.25) is 10.1 Å². The highest BCUT2D eigenvalue weighted by atomic mass is 32.1. The van der Waals surface area contributed by atoms with Crippen LogP contribution in [0, 0.1) is 0 Å². The van der Waals surface area contributed by atoms with Crippen LogP contribution in [0.15, 0.2) is 96.1 Å². The molecule has 1 N–H and O–H groups in total. The van der Waals surface area contributed by atoms with Crippen LogP contribution >= 0.6 is 12.2 Å². The van der Waals surface area contributed by atoms with Crippen LogP contribution in [-0.4, -0.2) is 17.2 Å². The zero-order valence-corrected chi connectivity index (χ0v) is 14.8. The highest BCUT2D eigenvalue weighted by molar-refractivity contribution is 7.80. The van der Waals surface area contributed by atoms with Crippen LogP contribution in [0.4, 0.5) is 5.69 Å². The van der Waals surface area contributed by atoms with E-state index in [0.29, 0.717) is 5.56 Å². The minimum absolute atomic E-state index is 0.206. The fourth-order valence-corrected chi connectivity index (χ4v) is 2.53. The Morgan fingerprint density at radius 1 is 0.846 bits per heavy atom. The molecule has 0 spiro atoms. The summed E-state index contributed by atoms with van der Waals surface area (Å²) in [7, 11) is 0. The molecular weight excluding hydrogens is 342 g/mol. The lowest BCUT2D eigenvalue weighted by atomic mass is 10.2. The molecule has 0 aliphatic rings. The van der Waals surface area contributed by atoms with Crippen molar-refractivity contribution in [2.45, 2.75) is 0 Å². The monoisotopic (exact) mass is 359 g/mol. The normalized spacial score (nSPS) is 10.5. The van der Waals surface area contributed by atoms with Gasteiger partial charge < -0.3 is 0 Å². The van der Waals surface area contributed by atoms with Crippen LogP contribution in [0.5, 0.6) is 0 Å². The van der Waals surface area contributed by atoms with Gasteiger partial charge in [0.1, 0.15) is 0 Å². The lowest BCUT2D eigenvalue weighted by molar-refractivity contribution is 0.0977. The lowest BCUT2D eigenvalue weighted by Gasteiger charge is -2.20. The Labute approximate surface area is 157 Å². The third-order valence-corrected chi connectivity index (χ3v) is 3.85. The molecule has 3 rings (SSSR count). The molecule has 3 aromatic rings. The molecule has 0 saturated carbocycles. The number of carbonyl (C=O) groups is 1. The van der Waals surface area contributed by atoms with Crippen molar-refractivity contribution in [1.29, 1.82) is 0 Å². The average molecular weight is 359 g/mol. The molecule has 0 heterocycles. The average Bonchev–Trinajstić information content (AvgIpc) is 2.70. The first-order valence-electron chi connectivity index (χ1n) is 8.08. The number of carbonyl (C=O) groups excluding carboxylic acids is 1. The van der Waals surface area contributed by atoms with Crippen LogP contribution in [-0.2, 0) is 0 Å². The van der Waals surface area contributed by atoms with Gasteiger partial charge >= 0.3 is 0 Å². The number of anilines is 1. The SMILES string of the molecule is O=C(NC(=S)N(N=Cc1ccccc1)c1ccccc1)c1ccccc1. The Kier molecular flexibility index (Phi) is 5.85. The van der Waals surface area contributed by atoms with Crippen molar-refractivity contribution >= 4 is 35.1 Å². The molecule has 0 unspecified atom stereocenters. The van der Waals surface area contributed by atoms with E-state index in [2.05, 4.69) is 10.4 Å². The van der Waals surface area contributed by atoms with E-state index < -0.39 is 0 Å². The van der Waals surface area contributed by atoms with Crippen molar-refractivity contribution in [2.75, 3.05) is 5.01 Å². The molecule has 0 aromatic heterocycles. The minimum atomic E-state index is -0.272. The van der Waals surface area contributed by atoms with Crippen molar-refractivity contribution in [1.82, 2.24) is 5.32 Å². The maximum absolute atomic E-state index is 12.4. The van der Waals surface area contributed by atoms with E-state index in [1.807, 2.05) is 66.7 Å². The van der Waals surface area contributed by atoms with Crippen molar-refractivity contribution < 1.29 is 4.79 Å². The fraction of sp³-hybridized carbons (Fsp3) is 0. The molecule has 4 nitrogen and oxygen atoms in total. The van der Waals surface area contributed by atoms with E-state index in [0.717, 1.165) is 11.3 Å². The summed E-state index contributed by atoms with van der Waals surface area (Å²) in [6.45, 7) is 0. The van der Waals surface area contributed by atoms with Gasteiger partial charge in [-0.15, -0.1) is 0 Å². The Balaban J connectivity index is 1.82. The van der Waals surface area contributed by atoms with E-state index in [1.165, 1.54) is 5.01 Å². The molecule has 128 valence electrons. The number of nitrogens with one attached hydrogen (secondary N) is 1. The summed E-state index contributed by atoms with van der Waals surface area (Å²) in [5.41, 5.74) is 2.23. The zero-order valence-electron chi connectivity index (χ0n) is 13.9. The van der Waals surface area contributed by atoms with Gasteiger partial charge in [0.25, 0.3) is 5.91 Å². The molecule has 0 saturated heterocycles. The number of para-hydroxylation sites is 1. The maximum Gasteiger partial charge on any atom is 0.257 e. The Morgan fingerprint density at radius 3 is 2.00 bits per heavy atom. The number of nitrogens with zero attached hydrogens (tertiary/aromatic N) is 2. The minimum Gasteiger partial charge on any atom is -0.297 e. The second-order valence-corrected chi connectivity index (χ2v) is 5.81. The van der Waals surface area contributed by atoms with Crippen molar-refractivity contribution in [2.24, 2.45) is 5.10 Å². The fourth-order valence-electron chi connectivity index (χ4n) is 2.28. The maximum atomic E-state index is 12.4. The molecule has 0 aliphatic heterocycles. The number of hydrogen-bond acceptors (Lipinski definition) is 3. The molecular formula is C21H17N3OS. The van der Waals surface area contributed by atoms with Crippen molar-refractivity contribution in [3.63, 3.8) is 0 Å². The summed E-state index contributed by atoms with van der Waals surface area (Å²) in [6.07, 6.45) is 1.70. The van der Waals surface area contributed by atoms with Gasteiger partial charge in [-0.05, 0) is 42.0 Å². The third-order valence-electron chi connectivity index (χ3n) is 3.57. The Hall–Kier alpha value is -3.31. The smallest absolute Gasteiger partial charge is 0.257 e. The highest BCUT2D eigenvalue weighted by Gasteiger charge is 2.14. The molecule has 0 fully saturated rings. The largest absolute Gasteiger partial charge is 0.297 e. The number of rotatable bonds is 4. The van der Waals surface area contributed by atoms with Gasteiger partial charge in [0.2, 0.25) is 5.11 Å². The summed E-state index contributed by atoms with van der Waals surface area (Å²) in [5.74, 6) is -0.272. The Bertz CT molecular complexity index is 896. The molecule has 0 atom stereocenters. The third kappa shape index (κ3) is 4.62. The van der Waals surface area contributed by atoms with E-state index in [9.17, 15) is 4.79 Å². The predicted molar refractivity (Wildman–Crippen MR) is 109 cm³/mol. The van der Waals surface area contributed by atoms with Gasteiger partial charge in [0.05, 0.1) is 11.9 Å². The summed E-state index contributed by atoms with van der Waals surface area (Å²) in [5, 5.41) is 8.94. The molecule has 0 aliphatic carbocycles. The predicted octanol–water partition coefficient (Wildman–Crippen LogP) is 4.24. The molecule has 1 amide bonds. The van der Waals surface area contributed by atoms with Gasteiger partial charge in [-0.1, -0.05) is 66.7 Å². The molecule has 0 radical (unpaired) electrons. The van der Waals surface area contributed by atoms with Crippen LogP contribution in [0.2, 0.25) is 0 Å². The van der Waals surface area contributed by atoms with Crippen LogP contribution in [0.1, 0.15) is 15.9 Å². The summed E-state index contributed by atoms with van der Waals surface area (Å²) >= 11 is 5.43. The Morgan fingerprint density at radius 2 is 1.38 bits per heavy atom.